The maximum Gasteiger partial charge on any atom is 0.313 e. The number of esters is 1. The second kappa shape index (κ2) is 12.9. The first-order valence-electron chi connectivity index (χ1n) is 11.3. The smallest absolute Gasteiger partial charge is 0.313 e. The monoisotopic (exact) mass is 472 g/mol. The van der Waals surface area contributed by atoms with Gasteiger partial charge in [0.2, 0.25) is 0 Å². The van der Waals surface area contributed by atoms with Crippen LogP contribution in [-0.4, -0.2) is 45.1 Å². The summed E-state index contributed by atoms with van der Waals surface area (Å²) in [5, 5.41) is 28.6. The van der Waals surface area contributed by atoms with Crippen LogP contribution in [0.3, 0.4) is 0 Å². The zero-order chi connectivity index (χ0) is 25.1. The third-order valence-corrected chi connectivity index (χ3v) is 5.67. The van der Waals surface area contributed by atoms with Gasteiger partial charge >= 0.3 is 5.97 Å². The molecule has 1 heterocycles. The van der Waals surface area contributed by atoms with E-state index in [0.29, 0.717) is 12.0 Å². The van der Waals surface area contributed by atoms with Gasteiger partial charge < -0.3 is 20.7 Å². The van der Waals surface area contributed by atoms with E-state index in [1.807, 2.05) is 18.2 Å². The number of nitro groups is 1. The van der Waals surface area contributed by atoms with Gasteiger partial charge in [-0.3, -0.25) is 19.7 Å². The number of aliphatic hydroxyl groups excluding tert-OH is 2. The molecule has 0 amide bonds. The third-order valence-electron chi connectivity index (χ3n) is 5.67. The number of carbonyl (C=O) groups excluding carboxylic acids is 2. The van der Waals surface area contributed by atoms with Gasteiger partial charge in [0.05, 0.1) is 23.7 Å². The maximum atomic E-state index is 11.7. The van der Waals surface area contributed by atoms with Crippen LogP contribution in [0.2, 0.25) is 0 Å². The minimum Gasteiger partial charge on any atom is -0.458 e. The molecule has 0 aromatic heterocycles. The first-order chi connectivity index (χ1) is 16.2. The Morgan fingerprint density at radius 2 is 1.76 bits per heavy atom. The van der Waals surface area contributed by atoms with E-state index in [1.54, 1.807) is 0 Å². The summed E-state index contributed by atoms with van der Waals surface area (Å²) >= 11 is 0. The van der Waals surface area contributed by atoms with E-state index in [-0.39, 0.29) is 30.5 Å². The lowest BCUT2D eigenvalue weighted by atomic mass is 9.83. The Morgan fingerprint density at radius 3 is 2.29 bits per heavy atom. The lowest BCUT2D eigenvalue weighted by Gasteiger charge is -2.36. The van der Waals surface area contributed by atoms with Crippen LogP contribution >= 0.6 is 0 Å². The molecule has 2 aromatic rings. The normalized spacial score (nSPS) is 19.4. The summed E-state index contributed by atoms with van der Waals surface area (Å²) in [6, 6.07) is 14.7. The van der Waals surface area contributed by atoms with Crippen molar-refractivity contribution in [1.29, 1.82) is 0 Å². The average molecular weight is 473 g/mol. The van der Waals surface area contributed by atoms with E-state index in [9.17, 15) is 24.8 Å². The Kier molecular flexibility index (Phi) is 10.3. The van der Waals surface area contributed by atoms with Crippen molar-refractivity contribution >= 4 is 17.4 Å². The molecule has 0 unspecified atom stereocenters. The molecule has 0 radical (unpaired) electrons. The number of cyclic esters (lactones) is 1. The van der Waals surface area contributed by atoms with Gasteiger partial charge in [-0.05, 0) is 42.5 Å². The van der Waals surface area contributed by atoms with Crippen molar-refractivity contribution in [3.8, 4) is 0 Å². The van der Waals surface area contributed by atoms with Gasteiger partial charge in [-0.15, -0.1) is 0 Å². The summed E-state index contributed by atoms with van der Waals surface area (Å²) in [6.07, 6.45) is 2.53. The lowest BCUT2D eigenvalue weighted by Crippen LogP contribution is -2.43. The minimum atomic E-state index is -1.02. The van der Waals surface area contributed by atoms with Gasteiger partial charge in [-0.1, -0.05) is 43.7 Å². The molecule has 0 bridgehead atoms. The fourth-order valence-corrected chi connectivity index (χ4v) is 3.91. The molecule has 1 fully saturated rings. The van der Waals surface area contributed by atoms with Crippen LogP contribution in [0, 0.1) is 10.1 Å². The number of rotatable bonds is 9. The molecule has 9 heteroatoms. The summed E-state index contributed by atoms with van der Waals surface area (Å²) in [5.41, 5.74) is 6.45. The van der Waals surface area contributed by atoms with Crippen LogP contribution < -0.4 is 5.73 Å². The number of ketones is 1. The standard InChI is InChI=1S/C16H20O3.C9H12N2O4/c1-2-9-16(12-14(17)11-15(18)19-16)10-8-13-6-4-3-5-7-13;10-8(5-12)9(13)6-1-3-7(4-2-6)11(14)15/h3-7H,2,8-12H2,1H3;1-4,8-9,12-13H,5,10H2/t16-;8-,9-/m11/s1. The molecule has 34 heavy (non-hydrogen) atoms. The highest BCUT2D eigenvalue weighted by Gasteiger charge is 2.40. The largest absolute Gasteiger partial charge is 0.458 e. The van der Waals surface area contributed by atoms with Gasteiger partial charge in [-0.25, -0.2) is 0 Å². The molecule has 184 valence electrons. The predicted octanol–water partition coefficient (Wildman–Crippen LogP) is 3.01. The minimum absolute atomic E-state index is 0.0118. The highest BCUT2D eigenvalue weighted by molar-refractivity contribution is 5.98. The van der Waals surface area contributed by atoms with Gasteiger partial charge in [-0.2, -0.15) is 0 Å². The van der Waals surface area contributed by atoms with Gasteiger partial charge in [0, 0.05) is 18.6 Å². The number of ether oxygens (including phenoxy) is 1. The summed E-state index contributed by atoms with van der Waals surface area (Å²) in [7, 11) is 0. The van der Waals surface area contributed by atoms with E-state index in [0.717, 1.165) is 25.7 Å². The van der Waals surface area contributed by atoms with E-state index in [1.165, 1.54) is 29.8 Å². The molecule has 0 aliphatic carbocycles. The van der Waals surface area contributed by atoms with Crippen LogP contribution in [0.25, 0.3) is 0 Å². The molecule has 9 nitrogen and oxygen atoms in total. The van der Waals surface area contributed by atoms with Crippen molar-refractivity contribution in [3.63, 3.8) is 0 Å². The maximum absolute atomic E-state index is 11.7. The summed E-state index contributed by atoms with van der Waals surface area (Å²) in [6.45, 7) is 1.70. The number of aliphatic hydroxyl groups is 2. The van der Waals surface area contributed by atoms with Crippen molar-refractivity contribution in [2.75, 3.05) is 6.61 Å². The Hall–Kier alpha value is -3.14. The van der Waals surface area contributed by atoms with Crippen LogP contribution in [0.15, 0.2) is 54.6 Å². The summed E-state index contributed by atoms with van der Waals surface area (Å²) in [4.78, 5) is 33.0. The highest BCUT2D eigenvalue weighted by atomic mass is 16.6. The third kappa shape index (κ3) is 8.02. The van der Waals surface area contributed by atoms with Crippen molar-refractivity contribution in [3.05, 3.63) is 75.8 Å². The Balaban J connectivity index is 0.000000248. The Bertz CT molecular complexity index is 931. The van der Waals surface area contributed by atoms with E-state index in [4.69, 9.17) is 15.6 Å². The number of aryl methyl sites for hydroxylation is 1. The topological polar surface area (TPSA) is 153 Å². The molecule has 1 saturated heterocycles. The van der Waals surface area contributed by atoms with Crippen LogP contribution in [-0.2, 0) is 20.7 Å². The zero-order valence-electron chi connectivity index (χ0n) is 19.3. The molecule has 1 aliphatic heterocycles. The molecule has 4 N–H and O–H groups in total. The first kappa shape index (κ1) is 27.1. The number of hydrogen-bond donors (Lipinski definition) is 3. The number of non-ortho nitro benzene ring substituents is 1. The number of nitro benzene ring substituents is 1. The van der Waals surface area contributed by atoms with Crippen LogP contribution in [0.1, 0.15) is 56.3 Å². The Morgan fingerprint density at radius 1 is 1.12 bits per heavy atom. The number of carbonyl (C=O) groups is 2. The molecule has 0 spiro atoms. The van der Waals surface area contributed by atoms with Crippen molar-refractivity contribution in [1.82, 2.24) is 0 Å². The molecule has 1 aliphatic rings. The summed E-state index contributed by atoms with van der Waals surface area (Å²) in [5.74, 6) is -0.351. The highest BCUT2D eigenvalue weighted by Crippen LogP contribution is 2.33. The molecular weight excluding hydrogens is 440 g/mol. The number of nitrogens with two attached hydrogens (primary N) is 1. The number of hydrogen-bond acceptors (Lipinski definition) is 8. The zero-order valence-corrected chi connectivity index (χ0v) is 19.3. The fourth-order valence-electron chi connectivity index (χ4n) is 3.91. The number of benzene rings is 2. The lowest BCUT2D eigenvalue weighted by molar-refractivity contribution is -0.384. The Labute approximate surface area is 198 Å². The SMILES string of the molecule is CCC[C@@]1(CCc2ccccc2)CC(=O)CC(=O)O1.N[C@H](CO)[C@H](O)c1ccc([N+](=O)[O-])cc1. The van der Waals surface area contributed by atoms with Crippen LogP contribution in [0.5, 0.6) is 0 Å². The second-order valence-corrected chi connectivity index (χ2v) is 8.42. The average Bonchev–Trinajstić information content (AvgIpc) is 2.82. The molecule has 0 saturated carbocycles. The molecule has 3 atom stereocenters. The second-order valence-electron chi connectivity index (χ2n) is 8.42. The van der Waals surface area contributed by atoms with Crippen molar-refractivity contribution < 1.29 is 29.5 Å². The first-order valence-corrected chi connectivity index (χ1v) is 11.3. The van der Waals surface area contributed by atoms with E-state index in [2.05, 4.69) is 19.1 Å². The summed E-state index contributed by atoms with van der Waals surface area (Å²) < 4.78 is 5.55. The van der Waals surface area contributed by atoms with Gasteiger partial charge in [0.1, 0.15) is 17.8 Å². The predicted molar refractivity (Wildman–Crippen MR) is 126 cm³/mol. The van der Waals surface area contributed by atoms with E-state index < -0.39 is 22.7 Å². The fraction of sp³-hybridized carbons (Fsp3) is 0.440. The van der Waals surface area contributed by atoms with Crippen molar-refractivity contribution in [2.24, 2.45) is 5.73 Å². The quantitative estimate of drug-likeness (QED) is 0.218. The molecule has 3 rings (SSSR count). The number of Topliss-reactive ketones (excluding diaryl/α,β-unsaturated/α-hetero) is 1. The number of nitrogens with zero attached hydrogens (tertiary/aromatic N) is 1. The molecule has 2 aromatic carbocycles. The van der Waals surface area contributed by atoms with Crippen molar-refractivity contribution in [2.45, 2.75) is 63.2 Å². The van der Waals surface area contributed by atoms with Crippen LogP contribution in [0.4, 0.5) is 5.69 Å². The molecular formula is C25H32N2O7. The van der Waals surface area contributed by atoms with E-state index >= 15 is 0 Å². The van der Waals surface area contributed by atoms with Gasteiger partial charge in [0.15, 0.2) is 0 Å². The van der Waals surface area contributed by atoms with Gasteiger partial charge in [0.25, 0.3) is 5.69 Å².